The number of carbonyl (C=O) groups is 2. The van der Waals surface area contributed by atoms with E-state index in [1.54, 1.807) is 34.2 Å². The maximum Gasteiger partial charge on any atom is 0.276 e. The number of halogens is 1. The minimum absolute atomic E-state index is 0.0143. The first-order valence-corrected chi connectivity index (χ1v) is 9.67. The van der Waals surface area contributed by atoms with E-state index < -0.39 is 0 Å². The van der Waals surface area contributed by atoms with E-state index in [-0.39, 0.29) is 23.9 Å². The van der Waals surface area contributed by atoms with Crippen LogP contribution in [-0.4, -0.2) is 57.9 Å². The zero-order chi connectivity index (χ0) is 20.2. The second kappa shape index (κ2) is 8.45. The van der Waals surface area contributed by atoms with Crippen LogP contribution in [0.25, 0.3) is 11.3 Å². The number of hydrogen-bond acceptors (Lipinski definition) is 5. The largest absolute Gasteiger partial charge is 0.355 e. The molecule has 0 unspecified atom stereocenters. The van der Waals surface area contributed by atoms with Crippen molar-refractivity contribution < 1.29 is 14.1 Å². The lowest BCUT2D eigenvalue weighted by molar-refractivity contribution is -0.132. The molecule has 2 amide bonds. The highest BCUT2D eigenvalue weighted by molar-refractivity contribution is 6.30. The summed E-state index contributed by atoms with van der Waals surface area (Å²) in [5, 5.41) is 4.49. The Morgan fingerprint density at radius 2 is 1.79 bits per heavy atom. The van der Waals surface area contributed by atoms with Gasteiger partial charge in [0.2, 0.25) is 5.91 Å². The number of rotatable bonds is 4. The van der Waals surface area contributed by atoms with Crippen LogP contribution >= 0.6 is 11.6 Å². The van der Waals surface area contributed by atoms with Crippen molar-refractivity contribution in [2.45, 2.75) is 6.42 Å². The fraction of sp³-hybridized carbons (Fsp3) is 0.238. The van der Waals surface area contributed by atoms with Gasteiger partial charge in [-0.1, -0.05) is 35.0 Å². The van der Waals surface area contributed by atoms with Crippen molar-refractivity contribution in [3.63, 3.8) is 0 Å². The molecule has 0 saturated carbocycles. The van der Waals surface area contributed by atoms with Gasteiger partial charge in [-0.2, -0.15) is 0 Å². The van der Waals surface area contributed by atoms with Crippen molar-refractivity contribution in [1.82, 2.24) is 19.9 Å². The summed E-state index contributed by atoms with van der Waals surface area (Å²) in [7, 11) is 0. The van der Waals surface area contributed by atoms with Crippen LogP contribution in [-0.2, 0) is 11.2 Å². The van der Waals surface area contributed by atoms with Crippen molar-refractivity contribution >= 4 is 23.4 Å². The van der Waals surface area contributed by atoms with Gasteiger partial charge in [0.15, 0.2) is 11.5 Å². The molecule has 1 saturated heterocycles. The predicted molar refractivity (Wildman–Crippen MR) is 107 cm³/mol. The smallest absolute Gasteiger partial charge is 0.276 e. The average Bonchev–Trinajstić information content (AvgIpc) is 3.24. The summed E-state index contributed by atoms with van der Waals surface area (Å²) in [6.07, 6.45) is 1.94. The standard InChI is InChI=1S/C21H19ClN4O3/c22-16-5-3-4-15(12-16)19-14-18(24-29-19)21(28)26-10-8-25(9-11-26)20(27)13-17-6-1-2-7-23-17/h1-7,12,14H,8-11,13H2. The summed E-state index contributed by atoms with van der Waals surface area (Å²) in [4.78, 5) is 32.8. The molecule has 0 spiro atoms. The third kappa shape index (κ3) is 4.46. The first-order chi connectivity index (χ1) is 14.1. The minimum atomic E-state index is -0.209. The molecule has 0 radical (unpaired) electrons. The van der Waals surface area contributed by atoms with Crippen LogP contribution in [0.1, 0.15) is 16.2 Å². The van der Waals surface area contributed by atoms with Gasteiger partial charge < -0.3 is 14.3 Å². The molecule has 29 heavy (non-hydrogen) atoms. The van der Waals surface area contributed by atoms with E-state index in [0.717, 1.165) is 11.3 Å². The summed E-state index contributed by atoms with van der Waals surface area (Å²) < 4.78 is 5.32. The van der Waals surface area contributed by atoms with Gasteiger partial charge in [-0.15, -0.1) is 0 Å². The van der Waals surface area contributed by atoms with E-state index in [2.05, 4.69) is 10.1 Å². The van der Waals surface area contributed by atoms with Crippen molar-refractivity contribution in [3.05, 3.63) is 71.1 Å². The lowest BCUT2D eigenvalue weighted by Gasteiger charge is -2.34. The summed E-state index contributed by atoms with van der Waals surface area (Å²) >= 11 is 6.00. The Hall–Kier alpha value is -3.19. The van der Waals surface area contributed by atoms with E-state index in [9.17, 15) is 9.59 Å². The maximum absolute atomic E-state index is 12.7. The number of pyridine rings is 1. The van der Waals surface area contributed by atoms with Gasteiger partial charge in [0.05, 0.1) is 6.42 Å². The summed E-state index contributed by atoms with van der Waals surface area (Å²) in [6, 6.07) is 14.3. The van der Waals surface area contributed by atoms with E-state index in [1.165, 1.54) is 0 Å². The highest BCUT2D eigenvalue weighted by Crippen LogP contribution is 2.24. The maximum atomic E-state index is 12.7. The Labute approximate surface area is 172 Å². The van der Waals surface area contributed by atoms with Crippen molar-refractivity contribution in [2.24, 2.45) is 0 Å². The molecular weight excluding hydrogens is 392 g/mol. The van der Waals surface area contributed by atoms with Crippen molar-refractivity contribution in [2.75, 3.05) is 26.2 Å². The van der Waals surface area contributed by atoms with Crippen LogP contribution in [0.4, 0.5) is 0 Å². The molecule has 148 valence electrons. The van der Waals surface area contributed by atoms with Gasteiger partial charge in [-0.3, -0.25) is 14.6 Å². The number of aromatic nitrogens is 2. The first-order valence-electron chi connectivity index (χ1n) is 9.30. The van der Waals surface area contributed by atoms with Crippen LogP contribution in [0.5, 0.6) is 0 Å². The molecule has 7 nitrogen and oxygen atoms in total. The summed E-state index contributed by atoms with van der Waals surface area (Å²) in [5.41, 5.74) is 1.74. The number of amides is 2. The zero-order valence-electron chi connectivity index (χ0n) is 15.6. The Morgan fingerprint density at radius 3 is 2.52 bits per heavy atom. The molecular formula is C21H19ClN4O3. The molecule has 0 N–H and O–H groups in total. The average molecular weight is 411 g/mol. The monoisotopic (exact) mass is 410 g/mol. The SMILES string of the molecule is O=C(Cc1ccccn1)N1CCN(C(=O)c2cc(-c3cccc(Cl)c3)on2)CC1. The van der Waals surface area contributed by atoms with Gasteiger partial charge in [0.1, 0.15) is 0 Å². The Bertz CT molecular complexity index is 1010. The molecule has 2 aromatic heterocycles. The van der Waals surface area contributed by atoms with Gasteiger partial charge in [0.25, 0.3) is 5.91 Å². The van der Waals surface area contributed by atoms with Crippen LogP contribution in [0.15, 0.2) is 59.3 Å². The van der Waals surface area contributed by atoms with Gasteiger partial charge in [-0.25, -0.2) is 0 Å². The molecule has 1 aliphatic rings. The van der Waals surface area contributed by atoms with Gasteiger partial charge in [0, 0.05) is 54.7 Å². The van der Waals surface area contributed by atoms with E-state index in [1.807, 2.05) is 30.3 Å². The second-order valence-electron chi connectivity index (χ2n) is 6.76. The van der Waals surface area contributed by atoms with E-state index in [4.69, 9.17) is 16.1 Å². The molecule has 0 bridgehead atoms. The predicted octanol–water partition coefficient (Wildman–Crippen LogP) is 2.92. The van der Waals surface area contributed by atoms with Gasteiger partial charge >= 0.3 is 0 Å². The van der Waals surface area contributed by atoms with E-state index in [0.29, 0.717) is 37.0 Å². The molecule has 0 atom stereocenters. The third-order valence-electron chi connectivity index (χ3n) is 4.82. The topological polar surface area (TPSA) is 79.5 Å². The number of hydrogen-bond donors (Lipinski definition) is 0. The van der Waals surface area contributed by atoms with Crippen LogP contribution < -0.4 is 0 Å². The Balaban J connectivity index is 1.35. The molecule has 1 fully saturated rings. The van der Waals surface area contributed by atoms with Gasteiger partial charge in [-0.05, 0) is 24.3 Å². The van der Waals surface area contributed by atoms with Crippen molar-refractivity contribution in [3.8, 4) is 11.3 Å². The lowest BCUT2D eigenvalue weighted by atomic mass is 10.1. The summed E-state index contributed by atoms with van der Waals surface area (Å²) in [5.74, 6) is 0.291. The molecule has 1 aliphatic heterocycles. The molecule has 3 aromatic rings. The highest BCUT2D eigenvalue weighted by Gasteiger charge is 2.27. The molecule has 3 heterocycles. The minimum Gasteiger partial charge on any atom is -0.355 e. The lowest BCUT2D eigenvalue weighted by Crippen LogP contribution is -2.51. The fourth-order valence-corrected chi connectivity index (χ4v) is 3.43. The highest BCUT2D eigenvalue weighted by atomic mass is 35.5. The normalized spacial score (nSPS) is 14.1. The molecule has 8 heteroatoms. The first kappa shape index (κ1) is 19.1. The fourth-order valence-electron chi connectivity index (χ4n) is 3.24. The van der Waals surface area contributed by atoms with Crippen LogP contribution in [0, 0.1) is 0 Å². The third-order valence-corrected chi connectivity index (χ3v) is 5.05. The van der Waals surface area contributed by atoms with E-state index >= 15 is 0 Å². The zero-order valence-corrected chi connectivity index (χ0v) is 16.4. The second-order valence-corrected chi connectivity index (χ2v) is 7.19. The molecule has 1 aromatic carbocycles. The number of piperazine rings is 1. The van der Waals surface area contributed by atoms with Crippen LogP contribution in [0.2, 0.25) is 5.02 Å². The number of benzene rings is 1. The quantitative estimate of drug-likeness (QED) is 0.660. The Morgan fingerprint density at radius 1 is 1.00 bits per heavy atom. The van der Waals surface area contributed by atoms with Crippen molar-refractivity contribution in [1.29, 1.82) is 0 Å². The molecule has 4 rings (SSSR count). The molecule has 0 aliphatic carbocycles. The summed E-state index contributed by atoms with van der Waals surface area (Å²) in [6.45, 7) is 1.87. The number of carbonyl (C=O) groups excluding carboxylic acids is 2. The number of nitrogens with zero attached hydrogens (tertiary/aromatic N) is 4. The Kier molecular flexibility index (Phi) is 5.57. The van der Waals surface area contributed by atoms with Crippen LogP contribution in [0.3, 0.4) is 0 Å².